The third kappa shape index (κ3) is 4.50. The molecule has 1 aliphatic heterocycles. The van der Waals surface area contributed by atoms with Gasteiger partial charge in [-0.25, -0.2) is 0 Å². The molecule has 0 aliphatic carbocycles. The summed E-state index contributed by atoms with van der Waals surface area (Å²) in [5.74, 6) is 0. The van der Waals surface area contributed by atoms with Crippen LogP contribution < -0.4 is 0 Å². The third-order valence-corrected chi connectivity index (χ3v) is 3.60. The van der Waals surface area contributed by atoms with Gasteiger partial charge in [-0.2, -0.15) is 0 Å². The fraction of sp³-hybridized carbons (Fsp3) is 1.00. The highest BCUT2D eigenvalue weighted by molar-refractivity contribution is 4.87. The average Bonchev–Trinajstić information content (AvgIpc) is 2.27. The Kier molecular flexibility index (Phi) is 5.59. The molecule has 108 valence electrons. The molecule has 4 heteroatoms. The minimum atomic E-state index is -0.228. The van der Waals surface area contributed by atoms with Crippen molar-refractivity contribution in [2.24, 2.45) is 5.41 Å². The number of aliphatic hydroxyl groups excluding tert-OH is 2. The van der Waals surface area contributed by atoms with E-state index < -0.39 is 0 Å². The molecular formula is C14H29NO3. The molecule has 2 atom stereocenters. The Hall–Kier alpha value is -0.160. The fourth-order valence-electron chi connectivity index (χ4n) is 2.98. The van der Waals surface area contributed by atoms with Gasteiger partial charge in [-0.3, -0.25) is 4.90 Å². The highest BCUT2D eigenvalue weighted by Crippen LogP contribution is 2.28. The molecule has 2 unspecified atom stereocenters. The molecule has 0 aromatic heterocycles. The van der Waals surface area contributed by atoms with E-state index in [1.807, 2.05) is 0 Å². The summed E-state index contributed by atoms with van der Waals surface area (Å²) in [4.78, 5) is 2.32. The van der Waals surface area contributed by atoms with Gasteiger partial charge in [0.25, 0.3) is 0 Å². The summed E-state index contributed by atoms with van der Waals surface area (Å²) in [5, 5.41) is 18.9. The van der Waals surface area contributed by atoms with Crippen molar-refractivity contribution in [1.82, 2.24) is 4.90 Å². The second-order valence-electron chi connectivity index (χ2n) is 6.57. The van der Waals surface area contributed by atoms with Crippen molar-refractivity contribution >= 4 is 0 Å². The SMILES string of the molecule is CCCC(C)(CO)CN1CC(CO)OC(C)(C)C1. The molecule has 1 heterocycles. The molecule has 0 bridgehead atoms. The van der Waals surface area contributed by atoms with E-state index in [1.165, 1.54) is 0 Å². The lowest BCUT2D eigenvalue weighted by Gasteiger charge is -2.45. The zero-order chi connectivity index (χ0) is 13.8. The van der Waals surface area contributed by atoms with Gasteiger partial charge < -0.3 is 14.9 Å². The van der Waals surface area contributed by atoms with Crippen LogP contribution in [0.25, 0.3) is 0 Å². The van der Waals surface area contributed by atoms with Gasteiger partial charge in [0.2, 0.25) is 0 Å². The van der Waals surface area contributed by atoms with Crippen LogP contribution in [0.15, 0.2) is 0 Å². The molecular weight excluding hydrogens is 230 g/mol. The zero-order valence-corrected chi connectivity index (χ0v) is 12.3. The Morgan fingerprint density at radius 1 is 1.39 bits per heavy atom. The maximum absolute atomic E-state index is 9.59. The Morgan fingerprint density at radius 3 is 2.56 bits per heavy atom. The van der Waals surface area contributed by atoms with E-state index in [2.05, 4.69) is 32.6 Å². The number of morpholine rings is 1. The molecule has 1 fully saturated rings. The Labute approximate surface area is 111 Å². The van der Waals surface area contributed by atoms with Crippen LogP contribution in [-0.4, -0.2) is 59.7 Å². The van der Waals surface area contributed by atoms with E-state index >= 15 is 0 Å². The lowest BCUT2D eigenvalue weighted by atomic mass is 9.85. The average molecular weight is 259 g/mol. The van der Waals surface area contributed by atoms with Crippen LogP contribution in [0.3, 0.4) is 0 Å². The number of ether oxygens (including phenoxy) is 1. The van der Waals surface area contributed by atoms with Crippen molar-refractivity contribution in [3.8, 4) is 0 Å². The lowest BCUT2D eigenvalue weighted by Crippen LogP contribution is -2.56. The Bertz CT molecular complexity index is 257. The number of hydrogen-bond acceptors (Lipinski definition) is 4. The van der Waals surface area contributed by atoms with Crippen LogP contribution in [0.2, 0.25) is 0 Å². The van der Waals surface area contributed by atoms with Crippen LogP contribution in [-0.2, 0) is 4.74 Å². The van der Waals surface area contributed by atoms with Gasteiger partial charge in [0.05, 0.1) is 18.3 Å². The largest absolute Gasteiger partial charge is 0.396 e. The second kappa shape index (κ2) is 6.33. The molecule has 1 rings (SSSR count). The molecule has 1 aliphatic rings. The third-order valence-electron chi connectivity index (χ3n) is 3.60. The molecule has 4 nitrogen and oxygen atoms in total. The summed E-state index contributed by atoms with van der Waals surface area (Å²) in [6.45, 7) is 11.1. The van der Waals surface area contributed by atoms with Crippen molar-refractivity contribution in [2.75, 3.05) is 32.8 Å². The molecule has 0 spiro atoms. The molecule has 0 aromatic carbocycles. The summed E-state index contributed by atoms with van der Waals surface area (Å²) in [6.07, 6.45) is 1.98. The van der Waals surface area contributed by atoms with Crippen molar-refractivity contribution in [2.45, 2.75) is 52.2 Å². The van der Waals surface area contributed by atoms with E-state index in [0.717, 1.165) is 32.5 Å². The van der Waals surface area contributed by atoms with Crippen LogP contribution >= 0.6 is 0 Å². The molecule has 0 aromatic rings. The quantitative estimate of drug-likeness (QED) is 0.754. The summed E-state index contributed by atoms with van der Waals surface area (Å²) in [6, 6.07) is 0. The predicted octanol–water partition coefficient (Wildman–Crippen LogP) is 1.26. The van der Waals surface area contributed by atoms with E-state index in [9.17, 15) is 10.2 Å². The lowest BCUT2D eigenvalue weighted by molar-refractivity contribution is -0.155. The van der Waals surface area contributed by atoms with E-state index in [1.54, 1.807) is 0 Å². The van der Waals surface area contributed by atoms with Crippen LogP contribution in [0, 0.1) is 5.41 Å². The number of nitrogens with zero attached hydrogens (tertiary/aromatic N) is 1. The van der Waals surface area contributed by atoms with Gasteiger partial charge in [0.1, 0.15) is 0 Å². The smallest absolute Gasteiger partial charge is 0.0940 e. The molecule has 1 saturated heterocycles. The summed E-state index contributed by atoms with van der Waals surface area (Å²) in [7, 11) is 0. The van der Waals surface area contributed by atoms with Gasteiger partial charge in [0.15, 0.2) is 0 Å². The minimum absolute atomic E-state index is 0.0534. The molecule has 18 heavy (non-hydrogen) atoms. The van der Waals surface area contributed by atoms with Crippen molar-refractivity contribution in [3.05, 3.63) is 0 Å². The number of hydrogen-bond donors (Lipinski definition) is 2. The van der Waals surface area contributed by atoms with Gasteiger partial charge in [-0.05, 0) is 20.3 Å². The zero-order valence-electron chi connectivity index (χ0n) is 12.3. The van der Waals surface area contributed by atoms with Gasteiger partial charge in [0, 0.05) is 31.7 Å². The second-order valence-corrected chi connectivity index (χ2v) is 6.57. The standard InChI is InChI=1S/C14H29NO3/c1-5-6-14(4,11-17)10-15-7-12(8-16)18-13(2,3)9-15/h12,16-17H,5-11H2,1-4H3. The summed E-state index contributed by atoms with van der Waals surface area (Å²) >= 11 is 0. The van der Waals surface area contributed by atoms with Gasteiger partial charge in [-0.1, -0.05) is 20.3 Å². The van der Waals surface area contributed by atoms with E-state index in [0.29, 0.717) is 0 Å². The Balaban J connectivity index is 2.64. The van der Waals surface area contributed by atoms with Crippen LogP contribution in [0.5, 0.6) is 0 Å². The van der Waals surface area contributed by atoms with Gasteiger partial charge >= 0.3 is 0 Å². The topological polar surface area (TPSA) is 52.9 Å². The number of aliphatic hydroxyl groups is 2. The van der Waals surface area contributed by atoms with Crippen molar-refractivity contribution in [3.63, 3.8) is 0 Å². The number of rotatable bonds is 6. The van der Waals surface area contributed by atoms with Crippen LogP contribution in [0.1, 0.15) is 40.5 Å². The first kappa shape index (κ1) is 15.9. The van der Waals surface area contributed by atoms with Crippen LogP contribution in [0.4, 0.5) is 0 Å². The minimum Gasteiger partial charge on any atom is -0.396 e. The van der Waals surface area contributed by atoms with Crippen molar-refractivity contribution < 1.29 is 14.9 Å². The fourth-order valence-corrected chi connectivity index (χ4v) is 2.98. The van der Waals surface area contributed by atoms with E-state index in [4.69, 9.17) is 4.74 Å². The first-order valence-corrected chi connectivity index (χ1v) is 6.96. The molecule has 0 saturated carbocycles. The highest BCUT2D eigenvalue weighted by Gasteiger charge is 2.36. The highest BCUT2D eigenvalue weighted by atomic mass is 16.5. The first-order valence-electron chi connectivity index (χ1n) is 6.96. The maximum atomic E-state index is 9.59. The normalized spacial score (nSPS) is 28.0. The first-order chi connectivity index (χ1) is 8.34. The maximum Gasteiger partial charge on any atom is 0.0940 e. The van der Waals surface area contributed by atoms with Gasteiger partial charge in [-0.15, -0.1) is 0 Å². The molecule has 0 amide bonds. The Morgan fingerprint density at radius 2 is 2.06 bits per heavy atom. The molecule has 2 N–H and O–H groups in total. The molecule has 0 radical (unpaired) electrons. The summed E-state index contributed by atoms with van der Waals surface area (Å²) < 4.78 is 5.81. The van der Waals surface area contributed by atoms with Crippen molar-refractivity contribution in [1.29, 1.82) is 0 Å². The van der Waals surface area contributed by atoms with E-state index in [-0.39, 0.29) is 30.3 Å². The monoisotopic (exact) mass is 259 g/mol. The summed E-state index contributed by atoms with van der Waals surface area (Å²) in [5.41, 5.74) is -0.281. The predicted molar refractivity (Wildman–Crippen MR) is 72.6 cm³/mol.